The number of halogens is 1. The predicted molar refractivity (Wildman–Crippen MR) is 154 cm³/mol. The summed E-state index contributed by atoms with van der Waals surface area (Å²) in [7, 11) is 0. The first-order valence-electron chi connectivity index (χ1n) is 11.5. The van der Waals surface area contributed by atoms with Crippen molar-refractivity contribution in [2.45, 2.75) is 25.7 Å². The minimum atomic E-state index is -0.558. The number of imidazole rings is 1. The van der Waals surface area contributed by atoms with Crippen LogP contribution < -0.4 is 3.11 Å². The Hall–Kier alpha value is -2.62. The van der Waals surface area contributed by atoms with Crippen molar-refractivity contribution in [3.05, 3.63) is 75.8 Å². The molecule has 4 heterocycles. The summed E-state index contributed by atoms with van der Waals surface area (Å²) in [6, 6.07) is 13.4. The highest BCUT2D eigenvalue weighted by atomic mass is 127. The Bertz CT molecular complexity index is 1730. The number of hydrogen-bond acceptors (Lipinski definition) is 5. The lowest BCUT2D eigenvalue weighted by atomic mass is 10.0. The van der Waals surface area contributed by atoms with Crippen molar-refractivity contribution in [1.82, 2.24) is 9.55 Å². The number of hydrogen-bond donors (Lipinski definition) is 0. The number of thiophene rings is 2. The van der Waals surface area contributed by atoms with E-state index in [0.29, 0.717) is 0 Å². The Morgan fingerprint density at radius 1 is 0.853 bits per heavy atom. The summed E-state index contributed by atoms with van der Waals surface area (Å²) in [6.07, 6.45) is 15.7. The summed E-state index contributed by atoms with van der Waals surface area (Å²) in [5.74, 6) is 2.00. The fraction of sp³-hybridized carbons (Fsp3) is 0.148. The Labute approximate surface area is 215 Å². The summed E-state index contributed by atoms with van der Waals surface area (Å²) in [6.45, 7) is 0. The first-order valence-corrected chi connectivity index (χ1v) is 15.1. The molecule has 0 radical (unpaired) electrons. The SMILES string of the molecule is C1=Cc2c(sc3c(N4I=Nc5c4ncn5-c4cccc5c6c(sc45)C=CCC6)cccc23)CC1. The van der Waals surface area contributed by atoms with E-state index < -0.39 is 21.3 Å². The van der Waals surface area contributed by atoms with E-state index in [9.17, 15) is 0 Å². The van der Waals surface area contributed by atoms with Gasteiger partial charge in [-0.3, -0.25) is 7.68 Å². The average Bonchev–Trinajstić information content (AvgIpc) is 3.64. The van der Waals surface area contributed by atoms with Gasteiger partial charge < -0.3 is 0 Å². The molecule has 2 aromatic carbocycles. The summed E-state index contributed by atoms with van der Waals surface area (Å²) >= 11 is 3.29. The van der Waals surface area contributed by atoms with E-state index in [1.54, 1.807) is 0 Å². The molecule has 8 rings (SSSR count). The summed E-state index contributed by atoms with van der Waals surface area (Å²) in [4.78, 5) is 7.82. The van der Waals surface area contributed by atoms with Crippen molar-refractivity contribution >= 4 is 93.6 Å². The second-order valence-electron chi connectivity index (χ2n) is 8.78. The molecule has 0 amide bonds. The molecule has 4 nitrogen and oxygen atoms in total. The number of benzene rings is 2. The van der Waals surface area contributed by atoms with Crippen LogP contribution in [0.3, 0.4) is 0 Å². The zero-order valence-corrected chi connectivity index (χ0v) is 22.0. The van der Waals surface area contributed by atoms with Gasteiger partial charge in [0.1, 0.15) is 27.6 Å². The van der Waals surface area contributed by atoms with Crippen LogP contribution in [0.2, 0.25) is 0 Å². The molecular formula is C27H19IN4S2. The average molecular weight is 591 g/mol. The maximum Gasteiger partial charge on any atom is 0.190 e. The molecule has 0 saturated heterocycles. The molecule has 0 bridgehead atoms. The van der Waals surface area contributed by atoms with E-state index in [-0.39, 0.29) is 0 Å². The third-order valence-electron chi connectivity index (χ3n) is 6.87. The van der Waals surface area contributed by atoms with Crippen molar-refractivity contribution in [2.75, 3.05) is 3.11 Å². The molecule has 7 heteroatoms. The fourth-order valence-electron chi connectivity index (χ4n) is 5.28. The molecule has 1 aliphatic heterocycles. The Balaban J connectivity index is 1.27. The predicted octanol–water partition coefficient (Wildman–Crippen LogP) is 9.07. The molecule has 34 heavy (non-hydrogen) atoms. The molecule has 3 aliphatic rings. The number of rotatable bonds is 2. The van der Waals surface area contributed by atoms with Crippen LogP contribution in [0.5, 0.6) is 0 Å². The largest absolute Gasteiger partial charge is 0.280 e. The Morgan fingerprint density at radius 2 is 1.68 bits per heavy atom. The van der Waals surface area contributed by atoms with Gasteiger partial charge in [-0.05, 0) is 60.4 Å². The Kier molecular flexibility index (Phi) is 4.30. The van der Waals surface area contributed by atoms with E-state index in [1.165, 1.54) is 52.4 Å². The quantitative estimate of drug-likeness (QED) is 0.152. The highest BCUT2D eigenvalue weighted by molar-refractivity contribution is 14.2. The van der Waals surface area contributed by atoms with Crippen molar-refractivity contribution < 1.29 is 0 Å². The second kappa shape index (κ2) is 7.44. The van der Waals surface area contributed by atoms with Crippen molar-refractivity contribution in [3.8, 4) is 5.69 Å². The van der Waals surface area contributed by atoms with Gasteiger partial charge in [0.2, 0.25) is 0 Å². The van der Waals surface area contributed by atoms with Gasteiger partial charge in [-0.25, -0.2) is 4.98 Å². The van der Waals surface area contributed by atoms with Crippen molar-refractivity contribution in [1.29, 1.82) is 0 Å². The zero-order chi connectivity index (χ0) is 22.2. The molecular weight excluding hydrogens is 571 g/mol. The molecule has 0 fully saturated rings. The molecule has 2 aliphatic carbocycles. The first-order chi connectivity index (χ1) is 16.9. The van der Waals surface area contributed by atoms with E-state index in [1.807, 2.05) is 29.0 Å². The molecule has 166 valence electrons. The smallest absolute Gasteiger partial charge is 0.190 e. The lowest BCUT2D eigenvalue weighted by Gasteiger charge is -2.13. The number of allylic oxidation sites excluding steroid dienone is 2. The number of aryl methyl sites for hydroxylation is 2. The van der Waals surface area contributed by atoms with Crippen LogP contribution in [0.15, 0.2) is 58.0 Å². The molecule has 0 N–H and O–H groups in total. The summed E-state index contributed by atoms with van der Waals surface area (Å²) in [5.41, 5.74) is 5.37. The summed E-state index contributed by atoms with van der Waals surface area (Å²) in [5, 5.41) is 2.75. The standard InChI is InChI=1S/C27H19IN4S2/c1-3-13-22-16(7-1)18-9-5-11-20(24(18)33-22)31-15-29-26-27(31)30-28-32(26)21-12-6-10-19-17-8-2-4-14-23(17)34-25(19)21/h2-3,5-6,8-13,15H,1,4,7,14H2. The van der Waals surface area contributed by atoms with Crippen LogP contribution in [0.1, 0.15) is 33.7 Å². The number of anilines is 2. The topological polar surface area (TPSA) is 33.4 Å². The van der Waals surface area contributed by atoms with Gasteiger partial charge in [-0.15, -0.1) is 22.7 Å². The van der Waals surface area contributed by atoms with Crippen LogP contribution in [0.25, 0.3) is 38.0 Å². The van der Waals surface area contributed by atoms with E-state index >= 15 is 0 Å². The number of aromatic nitrogens is 2. The third-order valence-corrected chi connectivity index (χ3v) is 11.5. The zero-order valence-electron chi connectivity index (χ0n) is 18.2. The normalized spacial score (nSPS) is 16.2. The summed E-state index contributed by atoms with van der Waals surface area (Å²) < 4.78 is 12.4. The van der Waals surface area contributed by atoms with Crippen LogP contribution in [-0.4, -0.2) is 9.55 Å². The van der Waals surface area contributed by atoms with E-state index in [4.69, 9.17) is 8.13 Å². The minimum absolute atomic E-state index is 0.558. The molecule has 0 spiro atoms. The molecule has 0 atom stereocenters. The highest BCUT2D eigenvalue weighted by Crippen LogP contribution is 2.51. The molecule has 5 aromatic rings. The molecule has 0 unspecified atom stereocenters. The van der Waals surface area contributed by atoms with Gasteiger partial charge in [0.25, 0.3) is 0 Å². The van der Waals surface area contributed by atoms with Crippen LogP contribution in [0.4, 0.5) is 17.3 Å². The third kappa shape index (κ3) is 2.71. The monoisotopic (exact) mass is 590 g/mol. The fourth-order valence-corrected chi connectivity index (χ4v) is 10.1. The second-order valence-corrected chi connectivity index (χ2v) is 12.8. The lowest BCUT2D eigenvalue weighted by molar-refractivity contribution is 1.01. The van der Waals surface area contributed by atoms with Crippen molar-refractivity contribution in [2.24, 2.45) is 3.15 Å². The number of fused-ring (bicyclic) bond motifs is 7. The van der Waals surface area contributed by atoms with E-state index in [2.05, 4.69) is 68.4 Å². The van der Waals surface area contributed by atoms with Gasteiger partial charge in [-0.2, -0.15) is 3.15 Å². The first kappa shape index (κ1) is 19.7. The van der Waals surface area contributed by atoms with Crippen LogP contribution in [-0.2, 0) is 12.8 Å². The van der Waals surface area contributed by atoms with Gasteiger partial charge in [0, 0.05) is 15.1 Å². The van der Waals surface area contributed by atoms with Gasteiger partial charge in [-0.1, -0.05) is 42.5 Å². The number of nitrogens with zero attached hydrogens (tertiary/aromatic N) is 4. The molecule has 0 saturated carbocycles. The maximum absolute atomic E-state index is 5.09. The van der Waals surface area contributed by atoms with Crippen LogP contribution in [0, 0.1) is 0 Å². The van der Waals surface area contributed by atoms with Crippen molar-refractivity contribution in [3.63, 3.8) is 0 Å². The van der Waals surface area contributed by atoms with E-state index in [0.717, 1.165) is 37.3 Å². The maximum atomic E-state index is 5.09. The van der Waals surface area contributed by atoms with Crippen LogP contribution >= 0.6 is 44.0 Å². The lowest BCUT2D eigenvalue weighted by Crippen LogP contribution is -2.00. The Morgan fingerprint density at radius 3 is 2.65 bits per heavy atom. The van der Waals surface area contributed by atoms with Gasteiger partial charge >= 0.3 is 0 Å². The highest BCUT2D eigenvalue weighted by Gasteiger charge is 2.28. The van der Waals surface area contributed by atoms with Gasteiger partial charge in [0.15, 0.2) is 11.6 Å². The van der Waals surface area contributed by atoms with Gasteiger partial charge in [0.05, 0.1) is 20.8 Å². The molecule has 3 aromatic heterocycles. The minimum Gasteiger partial charge on any atom is -0.280 e.